The molecule has 1 fully saturated rings. The van der Waals surface area contributed by atoms with Crippen LogP contribution in [0.5, 0.6) is 0 Å². The molecule has 102 valence electrons. The van der Waals surface area contributed by atoms with Crippen molar-refractivity contribution in [2.45, 2.75) is 12.8 Å². The number of rotatable bonds is 3. The van der Waals surface area contributed by atoms with Crippen LogP contribution in [0.15, 0.2) is 24.3 Å². The van der Waals surface area contributed by atoms with Gasteiger partial charge in [0.25, 0.3) is 5.91 Å². The van der Waals surface area contributed by atoms with Crippen LogP contribution in [-0.2, 0) is 4.79 Å². The second-order valence-electron chi connectivity index (χ2n) is 4.69. The highest BCUT2D eigenvalue weighted by Gasteiger charge is 2.20. The molecular formula is C14H19N3O2. The number of amides is 2. The van der Waals surface area contributed by atoms with E-state index >= 15 is 0 Å². The normalized spacial score (nSPS) is 18.7. The first-order chi connectivity index (χ1) is 9.20. The van der Waals surface area contributed by atoms with Crippen molar-refractivity contribution in [3.8, 4) is 0 Å². The minimum Gasteiger partial charge on any atom is -0.355 e. The first-order valence-electron chi connectivity index (χ1n) is 6.54. The quantitative estimate of drug-likeness (QED) is 0.759. The van der Waals surface area contributed by atoms with E-state index in [4.69, 9.17) is 0 Å². The summed E-state index contributed by atoms with van der Waals surface area (Å²) in [5, 5.41) is 8.65. The molecule has 0 saturated carbocycles. The lowest BCUT2D eigenvalue weighted by Gasteiger charge is -2.21. The lowest BCUT2D eigenvalue weighted by Crippen LogP contribution is -2.37. The van der Waals surface area contributed by atoms with E-state index in [1.807, 2.05) is 0 Å². The monoisotopic (exact) mass is 261 g/mol. The molecule has 19 heavy (non-hydrogen) atoms. The molecule has 3 N–H and O–H groups in total. The summed E-state index contributed by atoms with van der Waals surface area (Å²) in [6.45, 7) is 1.71. The number of hydrogen-bond acceptors (Lipinski definition) is 3. The largest absolute Gasteiger partial charge is 0.355 e. The van der Waals surface area contributed by atoms with E-state index in [1.54, 1.807) is 31.3 Å². The number of carbonyl (C=O) groups is 2. The van der Waals surface area contributed by atoms with Crippen molar-refractivity contribution in [2.24, 2.45) is 5.92 Å². The van der Waals surface area contributed by atoms with E-state index in [0.29, 0.717) is 11.3 Å². The summed E-state index contributed by atoms with van der Waals surface area (Å²) >= 11 is 0. The van der Waals surface area contributed by atoms with E-state index in [1.165, 1.54) is 0 Å². The molecule has 1 heterocycles. The van der Waals surface area contributed by atoms with Gasteiger partial charge >= 0.3 is 0 Å². The van der Waals surface area contributed by atoms with Crippen LogP contribution < -0.4 is 16.0 Å². The second-order valence-corrected chi connectivity index (χ2v) is 4.69. The molecule has 0 bridgehead atoms. The van der Waals surface area contributed by atoms with Gasteiger partial charge < -0.3 is 16.0 Å². The van der Waals surface area contributed by atoms with E-state index in [-0.39, 0.29) is 17.7 Å². The predicted octanol–water partition coefficient (Wildman–Crippen LogP) is 0.984. The van der Waals surface area contributed by atoms with Gasteiger partial charge in [0.05, 0.1) is 5.92 Å². The molecule has 1 aliphatic heterocycles. The number of carbonyl (C=O) groups excluding carboxylic acids is 2. The Kier molecular flexibility index (Phi) is 4.52. The van der Waals surface area contributed by atoms with Crippen molar-refractivity contribution in [1.29, 1.82) is 0 Å². The SMILES string of the molecule is CNC(=O)c1cccc(NC(=O)C2CCCNC2)c1. The number of piperidine rings is 1. The Balaban J connectivity index is 2.02. The molecule has 1 aromatic rings. The van der Waals surface area contributed by atoms with Gasteiger partial charge in [-0.1, -0.05) is 6.07 Å². The maximum Gasteiger partial charge on any atom is 0.251 e. The van der Waals surface area contributed by atoms with Crippen molar-refractivity contribution < 1.29 is 9.59 Å². The van der Waals surface area contributed by atoms with Gasteiger partial charge in [0.15, 0.2) is 0 Å². The van der Waals surface area contributed by atoms with Crippen LogP contribution in [0.25, 0.3) is 0 Å². The lowest BCUT2D eigenvalue weighted by atomic mass is 9.99. The van der Waals surface area contributed by atoms with Gasteiger partial charge in [0.1, 0.15) is 0 Å². The van der Waals surface area contributed by atoms with Gasteiger partial charge in [-0.2, -0.15) is 0 Å². The molecule has 2 rings (SSSR count). The first-order valence-corrected chi connectivity index (χ1v) is 6.54. The van der Waals surface area contributed by atoms with E-state index in [0.717, 1.165) is 25.9 Å². The molecule has 0 spiro atoms. The average Bonchev–Trinajstić information content (AvgIpc) is 2.47. The number of anilines is 1. The van der Waals surface area contributed by atoms with Crippen LogP contribution in [0.3, 0.4) is 0 Å². The summed E-state index contributed by atoms with van der Waals surface area (Å²) in [6.07, 6.45) is 1.93. The van der Waals surface area contributed by atoms with E-state index < -0.39 is 0 Å². The Bertz CT molecular complexity index is 468. The third kappa shape index (κ3) is 3.54. The van der Waals surface area contributed by atoms with E-state index in [9.17, 15) is 9.59 Å². The van der Waals surface area contributed by atoms with Gasteiger partial charge in [-0.3, -0.25) is 9.59 Å². The van der Waals surface area contributed by atoms with Gasteiger partial charge in [0, 0.05) is 24.8 Å². The third-order valence-corrected chi connectivity index (χ3v) is 3.29. The summed E-state index contributed by atoms with van der Waals surface area (Å²) < 4.78 is 0. The lowest BCUT2D eigenvalue weighted by molar-refractivity contribution is -0.120. The smallest absolute Gasteiger partial charge is 0.251 e. The van der Waals surface area contributed by atoms with Crippen LogP contribution in [0, 0.1) is 5.92 Å². The van der Waals surface area contributed by atoms with Crippen LogP contribution in [-0.4, -0.2) is 32.0 Å². The highest BCUT2D eigenvalue weighted by Crippen LogP contribution is 2.15. The third-order valence-electron chi connectivity index (χ3n) is 3.29. The van der Waals surface area contributed by atoms with Crippen molar-refractivity contribution in [3.63, 3.8) is 0 Å². The fraction of sp³-hybridized carbons (Fsp3) is 0.429. The maximum atomic E-state index is 12.1. The Hall–Kier alpha value is -1.88. The Morgan fingerprint density at radius 1 is 1.37 bits per heavy atom. The van der Waals surface area contributed by atoms with Crippen molar-refractivity contribution in [1.82, 2.24) is 10.6 Å². The van der Waals surface area contributed by atoms with Crippen LogP contribution in [0.4, 0.5) is 5.69 Å². The molecule has 2 amide bonds. The minimum atomic E-state index is -0.157. The number of nitrogens with one attached hydrogen (secondary N) is 3. The van der Waals surface area contributed by atoms with Crippen molar-refractivity contribution >= 4 is 17.5 Å². The Morgan fingerprint density at radius 2 is 2.21 bits per heavy atom. The van der Waals surface area contributed by atoms with E-state index in [2.05, 4.69) is 16.0 Å². The molecule has 5 heteroatoms. The minimum absolute atomic E-state index is 0.0115. The fourth-order valence-corrected chi connectivity index (χ4v) is 2.20. The Labute approximate surface area is 112 Å². The zero-order valence-electron chi connectivity index (χ0n) is 11.0. The summed E-state index contributed by atoms with van der Waals surface area (Å²) in [5.41, 5.74) is 1.21. The maximum absolute atomic E-state index is 12.1. The van der Waals surface area contributed by atoms with Crippen molar-refractivity contribution in [3.05, 3.63) is 29.8 Å². The fourth-order valence-electron chi connectivity index (χ4n) is 2.20. The summed E-state index contributed by atoms with van der Waals surface area (Å²) in [4.78, 5) is 23.6. The molecule has 1 saturated heterocycles. The molecular weight excluding hydrogens is 242 g/mol. The number of hydrogen-bond donors (Lipinski definition) is 3. The zero-order chi connectivity index (χ0) is 13.7. The van der Waals surface area contributed by atoms with Gasteiger partial charge in [-0.15, -0.1) is 0 Å². The van der Waals surface area contributed by atoms with Crippen LogP contribution in [0.2, 0.25) is 0 Å². The molecule has 0 aromatic heterocycles. The van der Waals surface area contributed by atoms with Crippen LogP contribution >= 0.6 is 0 Å². The van der Waals surface area contributed by atoms with Gasteiger partial charge in [-0.25, -0.2) is 0 Å². The summed E-state index contributed by atoms with van der Waals surface area (Å²) in [5.74, 6) is -0.130. The zero-order valence-corrected chi connectivity index (χ0v) is 11.0. The van der Waals surface area contributed by atoms with Crippen LogP contribution in [0.1, 0.15) is 23.2 Å². The number of benzene rings is 1. The molecule has 5 nitrogen and oxygen atoms in total. The topological polar surface area (TPSA) is 70.2 Å². The second kappa shape index (κ2) is 6.33. The highest BCUT2D eigenvalue weighted by atomic mass is 16.2. The molecule has 1 unspecified atom stereocenters. The molecule has 0 radical (unpaired) electrons. The summed E-state index contributed by atoms with van der Waals surface area (Å²) in [7, 11) is 1.58. The standard InChI is InChI=1S/C14H19N3O2/c1-15-13(18)10-4-2-6-12(8-10)17-14(19)11-5-3-7-16-9-11/h2,4,6,8,11,16H,3,5,7,9H2,1H3,(H,15,18)(H,17,19). The van der Waals surface area contributed by atoms with Gasteiger partial charge in [0.2, 0.25) is 5.91 Å². The van der Waals surface area contributed by atoms with Crippen molar-refractivity contribution in [2.75, 3.05) is 25.5 Å². The molecule has 0 aliphatic carbocycles. The molecule has 1 aromatic carbocycles. The molecule has 1 aliphatic rings. The predicted molar refractivity (Wildman–Crippen MR) is 74.1 cm³/mol. The highest BCUT2D eigenvalue weighted by molar-refractivity contribution is 5.97. The van der Waals surface area contributed by atoms with Gasteiger partial charge in [-0.05, 0) is 37.6 Å². The molecule has 1 atom stereocenters. The Morgan fingerprint density at radius 3 is 2.89 bits per heavy atom. The first kappa shape index (κ1) is 13.5. The average molecular weight is 261 g/mol. The summed E-state index contributed by atoms with van der Waals surface area (Å²) in [6, 6.07) is 6.96.